The van der Waals surface area contributed by atoms with Crippen molar-refractivity contribution in [3.05, 3.63) is 60.2 Å². The molecule has 2 aromatic carbocycles. The van der Waals surface area contributed by atoms with Crippen LogP contribution in [0.4, 0.5) is 5.95 Å². The lowest BCUT2D eigenvalue weighted by molar-refractivity contribution is 0.291. The van der Waals surface area contributed by atoms with Gasteiger partial charge < -0.3 is 10.3 Å². The molecule has 0 saturated heterocycles. The third-order valence-corrected chi connectivity index (χ3v) is 3.81. The molecule has 2 N–H and O–H groups in total. The number of fused-ring (bicyclic) bond motifs is 1. The van der Waals surface area contributed by atoms with E-state index in [9.17, 15) is 0 Å². The first kappa shape index (κ1) is 14.6. The van der Waals surface area contributed by atoms with E-state index in [-0.39, 0.29) is 0 Å². The van der Waals surface area contributed by atoms with Gasteiger partial charge in [-0.2, -0.15) is 0 Å². The van der Waals surface area contributed by atoms with Gasteiger partial charge in [0.15, 0.2) is 0 Å². The third-order valence-electron chi connectivity index (χ3n) is 3.81. The van der Waals surface area contributed by atoms with E-state index in [0.29, 0.717) is 0 Å². The maximum Gasteiger partial charge on any atom is 0.201 e. The topological polar surface area (TPSA) is 44.0 Å². The molecular formula is C18H22N4. The maximum absolute atomic E-state index is 4.53. The molecule has 4 nitrogen and oxygen atoms in total. The van der Waals surface area contributed by atoms with Crippen molar-refractivity contribution in [2.45, 2.75) is 13.5 Å². The molecule has 0 aliphatic heterocycles. The Morgan fingerprint density at radius 2 is 1.82 bits per heavy atom. The number of aromatic amines is 1. The summed E-state index contributed by atoms with van der Waals surface area (Å²) in [6.45, 7) is 6.09. The normalized spacial score (nSPS) is 11.2. The lowest BCUT2D eigenvalue weighted by atomic mass is 10.2. The zero-order valence-electron chi connectivity index (χ0n) is 12.9. The minimum Gasteiger partial charge on any atom is -0.355 e. The van der Waals surface area contributed by atoms with Crippen LogP contribution in [0.15, 0.2) is 54.6 Å². The number of anilines is 1. The monoisotopic (exact) mass is 294 g/mol. The molecule has 0 fully saturated rings. The zero-order chi connectivity index (χ0) is 15.2. The quantitative estimate of drug-likeness (QED) is 0.701. The van der Waals surface area contributed by atoms with Crippen molar-refractivity contribution in [2.75, 3.05) is 25.0 Å². The number of para-hydroxylation sites is 2. The van der Waals surface area contributed by atoms with Crippen molar-refractivity contribution in [2.24, 2.45) is 0 Å². The number of H-pyrrole nitrogens is 1. The van der Waals surface area contributed by atoms with Crippen LogP contribution in [0.25, 0.3) is 11.0 Å². The highest BCUT2D eigenvalue weighted by molar-refractivity contribution is 5.77. The molecule has 4 heteroatoms. The predicted octanol–water partition coefficient (Wildman–Crippen LogP) is 3.50. The van der Waals surface area contributed by atoms with Crippen molar-refractivity contribution in [3.8, 4) is 0 Å². The molecule has 1 heterocycles. The second-order valence-electron chi connectivity index (χ2n) is 5.38. The number of rotatable bonds is 7. The number of benzene rings is 2. The summed E-state index contributed by atoms with van der Waals surface area (Å²) in [5.41, 5.74) is 3.43. The van der Waals surface area contributed by atoms with Gasteiger partial charge >= 0.3 is 0 Å². The Kier molecular flexibility index (Phi) is 4.71. The van der Waals surface area contributed by atoms with Gasteiger partial charge in [0.05, 0.1) is 11.0 Å². The Balaban J connectivity index is 1.52. The molecule has 0 unspecified atom stereocenters. The molecule has 3 aromatic rings. The maximum atomic E-state index is 4.53. The Morgan fingerprint density at radius 1 is 1.05 bits per heavy atom. The summed E-state index contributed by atoms with van der Waals surface area (Å²) >= 11 is 0. The van der Waals surface area contributed by atoms with Crippen molar-refractivity contribution in [1.82, 2.24) is 14.9 Å². The lowest BCUT2D eigenvalue weighted by Gasteiger charge is -2.20. The molecule has 1 aromatic heterocycles. The first-order valence-electron chi connectivity index (χ1n) is 7.80. The van der Waals surface area contributed by atoms with Gasteiger partial charge in [0.25, 0.3) is 0 Å². The molecular weight excluding hydrogens is 272 g/mol. The molecule has 114 valence electrons. The molecule has 0 aliphatic carbocycles. The number of nitrogens with one attached hydrogen (secondary N) is 2. The van der Waals surface area contributed by atoms with Gasteiger partial charge in [0.1, 0.15) is 0 Å². The largest absolute Gasteiger partial charge is 0.355 e. The van der Waals surface area contributed by atoms with Crippen LogP contribution in [0.5, 0.6) is 0 Å². The molecule has 0 spiro atoms. The number of imidazole rings is 1. The predicted molar refractivity (Wildman–Crippen MR) is 92.0 cm³/mol. The summed E-state index contributed by atoms with van der Waals surface area (Å²) in [5.74, 6) is 0.844. The molecule has 0 aliphatic rings. The summed E-state index contributed by atoms with van der Waals surface area (Å²) in [6.07, 6.45) is 0. The summed E-state index contributed by atoms with van der Waals surface area (Å²) in [7, 11) is 0. The van der Waals surface area contributed by atoms with Crippen LogP contribution in [-0.2, 0) is 6.54 Å². The van der Waals surface area contributed by atoms with Gasteiger partial charge in [-0.1, -0.05) is 49.4 Å². The Labute approximate surface area is 131 Å². The average Bonchev–Trinajstić information content (AvgIpc) is 2.97. The van der Waals surface area contributed by atoms with Crippen LogP contribution < -0.4 is 5.32 Å². The van der Waals surface area contributed by atoms with Crippen molar-refractivity contribution < 1.29 is 0 Å². The lowest BCUT2D eigenvalue weighted by Crippen LogP contribution is -2.28. The van der Waals surface area contributed by atoms with Gasteiger partial charge in [-0.25, -0.2) is 4.98 Å². The van der Waals surface area contributed by atoms with Crippen molar-refractivity contribution >= 4 is 17.0 Å². The smallest absolute Gasteiger partial charge is 0.201 e. The van der Waals surface area contributed by atoms with Crippen molar-refractivity contribution in [3.63, 3.8) is 0 Å². The van der Waals surface area contributed by atoms with Gasteiger partial charge in [-0.05, 0) is 24.2 Å². The first-order chi connectivity index (χ1) is 10.8. The van der Waals surface area contributed by atoms with E-state index in [4.69, 9.17) is 0 Å². The van der Waals surface area contributed by atoms with Crippen LogP contribution in [0.2, 0.25) is 0 Å². The highest BCUT2D eigenvalue weighted by atomic mass is 15.2. The average molecular weight is 294 g/mol. The number of hydrogen-bond acceptors (Lipinski definition) is 3. The number of likely N-dealkylation sites (N-methyl/N-ethyl adjacent to an activating group) is 1. The molecule has 0 radical (unpaired) electrons. The molecule has 3 rings (SSSR count). The van der Waals surface area contributed by atoms with Gasteiger partial charge in [-0.15, -0.1) is 0 Å². The van der Waals surface area contributed by atoms with Gasteiger partial charge in [0, 0.05) is 19.6 Å². The fourth-order valence-corrected chi connectivity index (χ4v) is 2.56. The minimum absolute atomic E-state index is 0.844. The van der Waals surface area contributed by atoms with Gasteiger partial charge in [0.2, 0.25) is 5.95 Å². The standard InChI is InChI=1S/C18H22N4/c1-2-22(14-15-8-4-3-5-9-15)13-12-19-18-20-16-10-6-7-11-17(16)21-18/h3-11H,2,12-14H2,1H3,(H2,19,20,21). The first-order valence-corrected chi connectivity index (χ1v) is 7.80. The highest BCUT2D eigenvalue weighted by Gasteiger charge is 2.05. The Hall–Kier alpha value is -2.33. The molecule has 22 heavy (non-hydrogen) atoms. The van der Waals surface area contributed by atoms with Crippen LogP contribution in [0.1, 0.15) is 12.5 Å². The number of hydrogen-bond donors (Lipinski definition) is 2. The van der Waals surface area contributed by atoms with E-state index in [1.807, 2.05) is 24.3 Å². The summed E-state index contributed by atoms with van der Waals surface area (Å²) in [4.78, 5) is 10.3. The fraction of sp³-hybridized carbons (Fsp3) is 0.278. The molecule has 0 bridgehead atoms. The van der Waals surface area contributed by atoms with E-state index in [1.165, 1.54) is 5.56 Å². The van der Waals surface area contributed by atoms with E-state index in [0.717, 1.165) is 43.2 Å². The molecule has 0 saturated carbocycles. The van der Waals surface area contributed by atoms with Gasteiger partial charge in [-0.3, -0.25) is 4.90 Å². The van der Waals surface area contributed by atoms with E-state index < -0.39 is 0 Å². The summed E-state index contributed by atoms with van der Waals surface area (Å²) < 4.78 is 0. The molecule has 0 atom stereocenters. The fourth-order valence-electron chi connectivity index (χ4n) is 2.56. The van der Waals surface area contributed by atoms with E-state index in [2.05, 4.69) is 57.4 Å². The van der Waals surface area contributed by atoms with Crippen LogP contribution in [0.3, 0.4) is 0 Å². The summed E-state index contributed by atoms with van der Waals surface area (Å²) in [5, 5.41) is 3.38. The van der Waals surface area contributed by atoms with E-state index >= 15 is 0 Å². The van der Waals surface area contributed by atoms with Crippen LogP contribution >= 0.6 is 0 Å². The summed E-state index contributed by atoms with van der Waals surface area (Å²) in [6, 6.07) is 18.7. The van der Waals surface area contributed by atoms with E-state index in [1.54, 1.807) is 0 Å². The Bertz CT molecular complexity index is 672. The second kappa shape index (κ2) is 7.09. The Morgan fingerprint density at radius 3 is 2.59 bits per heavy atom. The number of aromatic nitrogens is 2. The SMILES string of the molecule is CCN(CCNc1nc2ccccc2[nH]1)Cc1ccccc1. The highest BCUT2D eigenvalue weighted by Crippen LogP contribution is 2.13. The molecule has 0 amide bonds. The zero-order valence-corrected chi connectivity index (χ0v) is 12.9. The minimum atomic E-state index is 0.844. The van der Waals surface area contributed by atoms with Crippen molar-refractivity contribution in [1.29, 1.82) is 0 Å². The number of nitrogens with zero attached hydrogens (tertiary/aromatic N) is 2. The third kappa shape index (κ3) is 3.65. The van der Waals surface area contributed by atoms with Crippen LogP contribution in [-0.4, -0.2) is 34.5 Å². The van der Waals surface area contributed by atoms with Crippen LogP contribution in [0, 0.1) is 0 Å². The second-order valence-corrected chi connectivity index (χ2v) is 5.38.